The molecule has 0 saturated carbocycles. The summed E-state index contributed by atoms with van der Waals surface area (Å²) in [6.07, 6.45) is -0.532. The van der Waals surface area contributed by atoms with Crippen molar-refractivity contribution in [1.29, 1.82) is 0 Å². The monoisotopic (exact) mass is 729 g/mol. The van der Waals surface area contributed by atoms with E-state index in [1.54, 1.807) is 43.6 Å². The Hall–Kier alpha value is -3.49. The lowest BCUT2D eigenvalue weighted by Gasteiger charge is -2.38. The summed E-state index contributed by atoms with van der Waals surface area (Å²) in [5.74, 6) is -0.393. The molecule has 1 fully saturated rings. The van der Waals surface area contributed by atoms with Gasteiger partial charge in [0.05, 0.1) is 12.7 Å². The molecule has 2 atom stereocenters. The third kappa shape index (κ3) is 12.4. The van der Waals surface area contributed by atoms with Crippen LogP contribution in [0.15, 0.2) is 41.4 Å². The van der Waals surface area contributed by atoms with Gasteiger partial charge in [-0.1, -0.05) is 51.1 Å². The van der Waals surface area contributed by atoms with E-state index in [9.17, 15) is 19.2 Å². The Morgan fingerprint density at radius 3 is 2.16 bits per heavy atom. The number of piperazine rings is 1. The van der Waals surface area contributed by atoms with Crippen molar-refractivity contribution in [1.82, 2.24) is 25.1 Å². The number of hydrogen-bond donors (Lipinski definition) is 1. The number of benzene rings is 1. The Morgan fingerprint density at radius 1 is 0.960 bits per heavy atom. The highest BCUT2D eigenvalue weighted by molar-refractivity contribution is 7.99. The smallest absolute Gasteiger partial charge is 0.409 e. The van der Waals surface area contributed by atoms with Crippen LogP contribution < -0.4 is 5.32 Å². The summed E-state index contributed by atoms with van der Waals surface area (Å²) in [5.41, 5.74) is 0.146. The Bertz CT molecular complexity index is 1470. The van der Waals surface area contributed by atoms with E-state index in [-0.39, 0.29) is 55.3 Å². The fraction of sp³-hybridized carbons (Fsp3) is 0.611. The number of amides is 3. The van der Waals surface area contributed by atoms with E-state index in [0.29, 0.717) is 29.7 Å². The molecule has 50 heavy (non-hydrogen) atoms. The fourth-order valence-electron chi connectivity index (χ4n) is 4.94. The van der Waals surface area contributed by atoms with Gasteiger partial charge in [-0.2, -0.15) is 0 Å². The summed E-state index contributed by atoms with van der Waals surface area (Å²) in [6.45, 7) is 21.5. The molecule has 12 nitrogen and oxygen atoms in total. The molecule has 1 aromatic carbocycles. The largest absolute Gasteiger partial charge is 0.460 e. The van der Waals surface area contributed by atoms with Crippen LogP contribution in [0.2, 0.25) is 18.1 Å². The first-order valence-electron chi connectivity index (χ1n) is 17.3. The van der Waals surface area contributed by atoms with E-state index in [1.165, 1.54) is 11.8 Å². The average Bonchev–Trinajstić information content (AvgIpc) is 3.04. The van der Waals surface area contributed by atoms with Crippen molar-refractivity contribution >= 4 is 44.0 Å². The zero-order valence-electron chi connectivity index (χ0n) is 31.3. The molecule has 3 rings (SSSR count). The molecule has 1 aliphatic rings. The van der Waals surface area contributed by atoms with Gasteiger partial charge >= 0.3 is 12.1 Å². The molecule has 1 N–H and O–H groups in total. The average molecular weight is 730 g/mol. The van der Waals surface area contributed by atoms with Crippen LogP contribution in [0.25, 0.3) is 11.4 Å². The van der Waals surface area contributed by atoms with Crippen LogP contribution in [0.3, 0.4) is 0 Å². The molecule has 0 spiro atoms. The first kappa shape index (κ1) is 40.9. The molecular weight excluding hydrogens is 675 g/mol. The molecule has 1 saturated heterocycles. The van der Waals surface area contributed by atoms with Crippen LogP contribution in [0.4, 0.5) is 4.79 Å². The van der Waals surface area contributed by atoms with Crippen molar-refractivity contribution in [3.63, 3.8) is 0 Å². The van der Waals surface area contributed by atoms with Crippen LogP contribution in [0, 0.1) is 0 Å². The van der Waals surface area contributed by atoms with Gasteiger partial charge in [-0.25, -0.2) is 14.8 Å². The molecule has 2 heterocycles. The number of esters is 1. The molecule has 0 bridgehead atoms. The zero-order chi connectivity index (χ0) is 37.3. The standard InChI is InChI=1S/C36H55N5O7SSi/c1-11-46-34(45)41-21-19-40(20-22-41)33(44)27(17-18-30(42)47-35(3,4)5)38-32(43)28-23-29(39-31(37-28)26-15-13-12-14-16-26)49-24-25(2)48-50(9,10)36(6,7)8/h12-16,23,25,27H,11,17-22,24H2,1-10H3,(H,38,43). The fourth-order valence-corrected chi connectivity index (χ4v) is 7.32. The molecule has 2 aromatic rings. The second-order valence-corrected chi connectivity index (χ2v) is 20.7. The van der Waals surface area contributed by atoms with Crippen molar-refractivity contribution < 1.29 is 33.1 Å². The van der Waals surface area contributed by atoms with Crippen molar-refractivity contribution in [3.05, 3.63) is 42.1 Å². The minimum atomic E-state index is -1.99. The molecular formula is C36H55N5O7SSi. The number of carbonyl (C=O) groups excluding carboxylic acids is 4. The first-order valence-corrected chi connectivity index (χ1v) is 21.2. The molecule has 276 valence electrons. The lowest BCUT2D eigenvalue weighted by atomic mass is 10.1. The predicted molar refractivity (Wildman–Crippen MR) is 197 cm³/mol. The number of carbonyl (C=O) groups is 4. The Kier molecular flexibility index (Phi) is 14.4. The van der Waals surface area contributed by atoms with Gasteiger partial charge in [0.15, 0.2) is 14.1 Å². The molecule has 1 aliphatic heterocycles. The molecule has 14 heteroatoms. The Labute approximate surface area is 302 Å². The highest BCUT2D eigenvalue weighted by atomic mass is 32.2. The van der Waals surface area contributed by atoms with Crippen LogP contribution in [-0.4, -0.2) is 108 Å². The number of hydrogen-bond acceptors (Lipinski definition) is 10. The maximum Gasteiger partial charge on any atom is 0.409 e. The lowest BCUT2D eigenvalue weighted by Crippen LogP contribution is -2.56. The van der Waals surface area contributed by atoms with Crippen LogP contribution >= 0.6 is 11.8 Å². The van der Waals surface area contributed by atoms with E-state index in [1.807, 2.05) is 37.3 Å². The van der Waals surface area contributed by atoms with E-state index in [2.05, 4.69) is 44.2 Å². The zero-order valence-corrected chi connectivity index (χ0v) is 33.1. The van der Waals surface area contributed by atoms with Crippen molar-refractivity contribution in [2.24, 2.45) is 0 Å². The van der Waals surface area contributed by atoms with Gasteiger partial charge in [0.25, 0.3) is 5.91 Å². The molecule has 1 aromatic heterocycles. The number of rotatable bonds is 13. The Balaban J connectivity index is 1.85. The summed E-state index contributed by atoms with van der Waals surface area (Å²) in [7, 11) is -1.99. The molecule has 3 amide bonds. The van der Waals surface area contributed by atoms with Gasteiger partial charge in [-0.05, 0) is 59.2 Å². The summed E-state index contributed by atoms with van der Waals surface area (Å²) in [5, 5.41) is 3.53. The Morgan fingerprint density at radius 2 is 1.58 bits per heavy atom. The number of aromatic nitrogens is 2. The van der Waals surface area contributed by atoms with E-state index in [4.69, 9.17) is 18.9 Å². The van der Waals surface area contributed by atoms with Crippen molar-refractivity contribution in [3.8, 4) is 11.4 Å². The van der Waals surface area contributed by atoms with Crippen LogP contribution in [0.5, 0.6) is 0 Å². The minimum absolute atomic E-state index is 0.0259. The summed E-state index contributed by atoms with van der Waals surface area (Å²) < 4.78 is 17.1. The second-order valence-electron chi connectivity index (χ2n) is 14.9. The van der Waals surface area contributed by atoms with Crippen LogP contribution in [-0.2, 0) is 23.5 Å². The number of ether oxygens (including phenoxy) is 2. The van der Waals surface area contributed by atoms with E-state index < -0.39 is 37.9 Å². The normalized spacial score (nSPS) is 15.2. The number of nitrogens with one attached hydrogen (secondary N) is 1. The van der Waals surface area contributed by atoms with Gasteiger partial charge < -0.3 is 29.0 Å². The van der Waals surface area contributed by atoms with Gasteiger partial charge in [0.1, 0.15) is 22.4 Å². The quantitative estimate of drug-likeness (QED) is 0.110. The second kappa shape index (κ2) is 17.6. The van der Waals surface area contributed by atoms with Gasteiger partial charge in [0, 0.05) is 50.0 Å². The topological polar surface area (TPSA) is 140 Å². The third-order valence-electron chi connectivity index (χ3n) is 8.51. The third-order valence-corrected chi connectivity index (χ3v) is 14.3. The van der Waals surface area contributed by atoms with E-state index in [0.717, 1.165) is 5.56 Å². The molecule has 0 aliphatic carbocycles. The highest BCUT2D eigenvalue weighted by Gasteiger charge is 2.38. The van der Waals surface area contributed by atoms with Crippen molar-refractivity contribution in [2.45, 2.75) is 109 Å². The molecule has 0 radical (unpaired) electrons. The van der Waals surface area contributed by atoms with Gasteiger partial charge in [-0.3, -0.25) is 14.4 Å². The van der Waals surface area contributed by atoms with Gasteiger partial charge in [0.2, 0.25) is 5.91 Å². The summed E-state index contributed by atoms with van der Waals surface area (Å²) in [4.78, 5) is 65.2. The van der Waals surface area contributed by atoms with Crippen LogP contribution in [0.1, 0.15) is 78.7 Å². The first-order chi connectivity index (χ1) is 23.3. The molecule has 2 unspecified atom stereocenters. The number of thioether (sulfide) groups is 1. The highest BCUT2D eigenvalue weighted by Crippen LogP contribution is 2.38. The predicted octanol–water partition coefficient (Wildman–Crippen LogP) is 6.17. The van der Waals surface area contributed by atoms with Gasteiger partial charge in [-0.15, -0.1) is 11.8 Å². The summed E-state index contributed by atoms with van der Waals surface area (Å²) >= 11 is 1.48. The number of nitrogens with zero attached hydrogens (tertiary/aromatic N) is 4. The maximum atomic E-state index is 13.9. The lowest BCUT2D eigenvalue weighted by molar-refractivity contribution is -0.155. The summed E-state index contributed by atoms with van der Waals surface area (Å²) in [6, 6.07) is 9.98. The van der Waals surface area contributed by atoms with Crippen molar-refractivity contribution in [2.75, 3.05) is 38.5 Å². The van der Waals surface area contributed by atoms with E-state index >= 15 is 0 Å². The maximum absolute atomic E-state index is 13.9. The SMILES string of the molecule is CCOC(=O)N1CCN(C(=O)C(CCC(=O)OC(C)(C)C)NC(=O)c2cc(SCC(C)O[Si](C)(C)C(C)(C)C)nc(-c3ccccc3)n2)CC1. The minimum Gasteiger partial charge on any atom is -0.460 e.